The fourth-order valence-electron chi connectivity index (χ4n) is 2.24. The van der Waals surface area contributed by atoms with Crippen LogP contribution in [0.5, 0.6) is 0 Å². The van der Waals surface area contributed by atoms with Gasteiger partial charge in [0.1, 0.15) is 0 Å². The molecule has 20 heavy (non-hydrogen) atoms. The second-order valence-electron chi connectivity index (χ2n) is 5.36. The molecule has 1 rings (SSSR count). The average molecular weight is 340 g/mol. The largest absolute Gasteiger partial charge is 0.350 e. The molecule has 3 heteroatoms. The lowest BCUT2D eigenvalue weighted by molar-refractivity contribution is -0.121. The van der Waals surface area contributed by atoms with Crippen molar-refractivity contribution in [2.24, 2.45) is 0 Å². The maximum atomic E-state index is 11.9. The third kappa shape index (κ3) is 7.09. The minimum atomic E-state index is 0.0695. The van der Waals surface area contributed by atoms with E-state index in [1.165, 1.54) is 32.1 Å². The van der Waals surface area contributed by atoms with Crippen LogP contribution in [0, 0.1) is 0 Å². The van der Waals surface area contributed by atoms with Gasteiger partial charge in [0, 0.05) is 10.9 Å². The summed E-state index contributed by atoms with van der Waals surface area (Å²) in [4.78, 5) is 11.9. The van der Waals surface area contributed by atoms with Gasteiger partial charge in [0.25, 0.3) is 0 Å². The molecule has 0 saturated heterocycles. The SMILES string of the molecule is CCCCCCCCC(=O)NC(C)c1cccc(Br)c1. The Morgan fingerprint density at radius 1 is 1.20 bits per heavy atom. The van der Waals surface area contributed by atoms with Crippen molar-refractivity contribution in [2.75, 3.05) is 0 Å². The van der Waals surface area contributed by atoms with Crippen LogP contribution < -0.4 is 5.32 Å². The summed E-state index contributed by atoms with van der Waals surface area (Å²) in [5.41, 5.74) is 1.13. The van der Waals surface area contributed by atoms with Crippen LogP contribution >= 0.6 is 15.9 Å². The molecule has 0 aliphatic rings. The highest BCUT2D eigenvalue weighted by molar-refractivity contribution is 9.10. The lowest BCUT2D eigenvalue weighted by atomic mass is 10.1. The minimum absolute atomic E-state index is 0.0695. The molecule has 1 atom stereocenters. The number of halogens is 1. The van der Waals surface area contributed by atoms with Gasteiger partial charge in [-0.25, -0.2) is 0 Å². The third-order valence-electron chi connectivity index (χ3n) is 3.48. The summed E-state index contributed by atoms with van der Waals surface area (Å²) in [5.74, 6) is 0.160. The van der Waals surface area contributed by atoms with Crippen molar-refractivity contribution >= 4 is 21.8 Å². The molecule has 0 bridgehead atoms. The first kappa shape index (κ1) is 17.2. The lowest BCUT2D eigenvalue weighted by Gasteiger charge is -2.14. The van der Waals surface area contributed by atoms with Gasteiger partial charge in [-0.15, -0.1) is 0 Å². The van der Waals surface area contributed by atoms with E-state index in [9.17, 15) is 4.79 Å². The molecular weight excluding hydrogens is 314 g/mol. The van der Waals surface area contributed by atoms with Crippen LogP contribution in [-0.4, -0.2) is 5.91 Å². The first-order valence-corrected chi connectivity index (χ1v) is 8.47. The van der Waals surface area contributed by atoms with Crippen molar-refractivity contribution in [1.29, 1.82) is 0 Å². The van der Waals surface area contributed by atoms with Gasteiger partial charge in [0.15, 0.2) is 0 Å². The van der Waals surface area contributed by atoms with Crippen LogP contribution in [0.15, 0.2) is 28.7 Å². The highest BCUT2D eigenvalue weighted by Crippen LogP contribution is 2.18. The normalized spacial score (nSPS) is 12.2. The third-order valence-corrected chi connectivity index (χ3v) is 3.98. The predicted molar refractivity (Wildman–Crippen MR) is 88.7 cm³/mol. The van der Waals surface area contributed by atoms with Crippen LogP contribution in [0.25, 0.3) is 0 Å². The molecule has 0 saturated carbocycles. The monoisotopic (exact) mass is 339 g/mol. The van der Waals surface area contributed by atoms with E-state index in [0.717, 1.165) is 16.5 Å². The summed E-state index contributed by atoms with van der Waals surface area (Å²) in [6.45, 7) is 4.25. The zero-order valence-corrected chi connectivity index (χ0v) is 14.2. The van der Waals surface area contributed by atoms with Gasteiger partial charge in [0.05, 0.1) is 6.04 Å². The zero-order chi connectivity index (χ0) is 14.8. The predicted octanol–water partition coefficient (Wildman–Crippen LogP) is 5.38. The van der Waals surface area contributed by atoms with Gasteiger partial charge in [-0.2, -0.15) is 0 Å². The van der Waals surface area contributed by atoms with Crippen molar-refractivity contribution in [1.82, 2.24) is 5.32 Å². The highest BCUT2D eigenvalue weighted by atomic mass is 79.9. The van der Waals surface area contributed by atoms with Gasteiger partial charge in [0.2, 0.25) is 5.91 Å². The second-order valence-corrected chi connectivity index (χ2v) is 6.28. The topological polar surface area (TPSA) is 29.1 Å². The molecule has 1 unspecified atom stereocenters. The standard InChI is InChI=1S/C17H26BrNO/c1-3-4-5-6-7-8-12-17(20)19-14(2)15-10-9-11-16(18)13-15/h9-11,13-14H,3-8,12H2,1-2H3,(H,19,20). The molecule has 0 heterocycles. The van der Waals surface area contributed by atoms with Gasteiger partial charge in [-0.3, -0.25) is 4.79 Å². The van der Waals surface area contributed by atoms with Crippen LogP contribution in [0.2, 0.25) is 0 Å². The number of rotatable bonds is 9. The van der Waals surface area contributed by atoms with Crippen molar-refractivity contribution in [3.8, 4) is 0 Å². The van der Waals surface area contributed by atoms with Gasteiger partial charge in [-0.05, 0) is 31.0 Å². The van der Waals surface area contributed by atoms with Crippen LogP contribution in [0.4, 0.5) is 0 Å². The Morgan fingerprint density at radius 2 is 1.90 bits per heavy atom. The summed E-state index contributed by atoms with van der Waals surface area (Å²) < 4.78 is 1.05. The number of nitrogens with one attached hydrogen (secondary N) is 1. The van der Waals surface area contributed by atoms with E-state index in [0.29, 0.717) is 6.42 Å². The fraction of sp³-hybridized carbons (Fsp3) is 0.588. The number of hydrogen-bond acceptors (Lipinski definition) is 1. The van der Waals surface area contributed by atoms with Crippen molar-refractivity contribution in [2.45, 2.75) is 64.8 Å². The molecule has 0 aliphatic heterocycles. The Kier molecular flexibility index (Phi) is 8.59. The Balaban J connectivity index is 2.21. The van der Waals surface area contributed by atoms with Crippen molar-refractivity contribution in [3.05, 3.63) is 34.3 Å². The molecule has 0 spiro atoms. The Labute approximate surface area is 131 Å². The maximum absolute atomic E-state index is 11.9. The molecule has 1 aromatic rings. The molecule has 0 aromatic heterocycles. The van der Waals surface area contributed by atoms with Crippen molar-refractivity contribution < 1.29 is 4.79 Å². The summed E-state index contributed by atoms with van der Waals surface area (Å²) in [6.07, 6.45) is 7.94. The summed E-state index contributed by atoms with van der Waals surface area (Å²) >= 11 is 3.46. The van der Waals surface area contributed by atoms with Crippen LogP contribution in [0.1, 0.15) is 70.4 Å². The van der Waals surface area contributed by atoms with Gasteiger partial charge < -0.3 is 5.32 Å². The number of benzene rings is 1. The van der Waals surface area contributed by atoms with Gasteiger partial charge >= 0.3 is 0 Å². The molecule has 0 radical (unpaired) electrons. The fourth-order valence-corrected chi connectivity index (χ4v) is 2.66. The molecular formula is C17H26BrNO. The second kappa shape index (κ2) is 9.98. The van der Waals surface area contributed by atoms with E-state index >= 15 is 0 Å². The lowest BCUT2D eigenvalue weighted by Crippen LogP contribution is -2.26. The van der Waals surface area contributed by atoms with Crippen LogP contribution in [0.3, 0.4) is 0 Å². The van der Waals surface area contributed by atoms with E-state index in [-0.39, 0.29) is 11.9 Å². The first-order chi connectivity index (χ1) is 9.63. The van der Waals surface area contributed by atoms with E-state index in [1.807, 2.05) is 25.1 Å². The maximum Gasteiger partial charge on any atom is 0.220 e. The van der Waals surface area contributed by atoms with Gasteiger partial charge in [-0.1, -0.05) is 67.1 Å². The molecule has 0 aliphatic carbocycles. The Hall–Kier alpha value is -0.830. The van der Waals surface area contributed by atoms with E-state index < -0.39 is 0 Å². The first-order valence-electron chi connectivity index (χ1n) is 7.68. The van der Waals surface area contributed by atoms with E-state index in [1.54, 1.807) is 0 Å². The van der Waals surface area contributed by atoms with E-state index in [4.69, 9.17) is 0 Å². The number of carbonyl (C=O) groups is 1. The zero-order valence-electron chi connectivity index (χ0n) is 12.6. The Morgan fingerprint density at radius 3 is 2.60 bits per heavy atom. The smallest absolute Gasteiger partial charge is 0.220 e. The van der Waals surface area contributed by atoms with E-state index in [2.05, 4.69) is 34.2 Å². The summed E-state index contributed by atoms with van der Waals surface area (Å²) in [5, 5.41) is 3.07. The average Bonchev–Trinajstić information content (AvgIpc) is 2.42. The molecule has 1 N–H and O–H groups in total. The number of amides is 1. The highest BCUT2D eigenvalue weighted by Gasteiger charge is 2.09. The van der Waals surface area contributed by atoms with Crippen molar-refractivity contribution in [3.63, 3.8) is 0 Å². The molecule has 2 nitrogen and oxygen atoms in total. The summed E-state index contributed by atoms with van der Waals surface area (Å²) in [6, 6.07) is 8.15. The summed E-state index contributed by atoms with van der Waals surface area (Å²) in [7, 11) is 0. The van der Waals surface area contributed by atoms with Crippen LogP contribution in [-0.2, 0) is 4.79 Å². The number of carbonyl (C=O) groups excluding carboxylic acids is 1. The molecule has 1 amide bonds. The molecule has 1 aromatic carbocycles. The molecule has 112 valence electrons. The quantitative estimate of drug-likeness (QED) is 0.601. The molecule has 0 fully saturated rings. The minimum Gasteiger partial charge on any atom is -0.350 e. The Bertz CT molecular complexity index is 406. The number of hydrogen-bond donors (Lipinski definition) is 1. The number of unbranched alkanes of at least 4 members (excludes halogenated alkanes) is 5.